The summed E-state index contributed by atoms with van der Waals surface area (Å²) in [5.41, 5.74) is 1.38. The van der Waals surface area contributed by atoms with Gasteiger partial charge in [-0.3, -0.25) is 9.36 Å². The number of benzene rings is 1. The van der Waals surface area contributed by atoms with E-state index in [-0.39, 0.29) is 5.69 Å². The number of carbonyl (C=O) groups is 2. The van der Waals surface area contributed by atoms with Crippen LogP contribution in [0.5, 0.6) is 0 Å². The van der Waals surface area contributed by atoms with Gasteiger partial charge < -0.3 is 19.1 Å². The molecule has 0 spiro atoms. The van der Waals surface area contributed by atoms with Gasteiger partial charge in [0, 0.05) is 23.1 Å². The van der Waals surface area contributed by atoms with Crippen LogP contribution in [0.15, 0.2) is 24.3 Å². The summed E-state index contributed by atoms with van der Waals surface area (Å²) < 4.78 is 20.6. The van der Waals surface area contributed by atoms with Crippen LogP contribution >= 0.6 is 7.60 Å². The number of hydrogen-bond acceptors (Lipinski definition) is 5. The van der Waals surface area contributed by atoms with Crippen LogP contribution in [0.1, 0.15) is 34.7 Å². The molecule has 126 valence electrons. The first-order valence-corrected chi connectivity index (χ1v) is 8.99. The molecule has 0 bridgehead atoms. The number of nitrogens with one attached hydrogen (secondary N) is 1. The number of carbonyl (C=O) groups excluding carboxylic acids is 1. The molecule has 0 aliphatic carbocycles. The third-order valence-electron chi connectivity index (χ3n) is 2.74. The largest absolute Gasteiger partial charge is 0.477 e. The smallest absolute Gasteiger partial charge is 0.352 e. The standard InChI is InChI=1S/C10H7NO3.C5H13O3P/c12-5-6-1-2-8-7(3-6)4-9(11-8)10(13)14;1-4-7-9(3,6)8-5-2/h1-5,11H,(H,13,14);4-5H2,1-3H3. The molecule has 0 amide bonds. The van der Waals surface area contributed by atoms with E-state index in [1.54, 1.807) is 32.0 Å². The van der Waals surface area contributed by atoms with Gasteiger partial charge in [0.05, 0.1) is 13.2 Å². The van der Waals surface area contributed by atoms with Gasteiger partial charge in [0.2, 0.25) is 0 Å². The van der Waals surface area contributed by atoms with Crippen molar-refractivity contribution in [2.75, 3.05) is 19.9 Å². The van der Waals surface area contributed by atoms with E-state index in [1.165, 1.54) is 12.7 Å². The fraction of sp³-hybridized carbons (Fsp3) is 0.333. The van der Waals surface area contributed by atoms with Crippen LogP contribution in [0.3, 0.4) is 0 Å². The Morgan fingerprint density at radius 3 is 2.35 bits per heavy atom. The Labute approximate surface area is 134 Å². The van der Waals surface area contributed by atoms with Crippen molar-refractivity contribution in [1.82, 2.24) is 4.98 Å². The predicted molar refractivity (Wildman–Crippen MR) is 87.4 cm³/mol. The van der Waals surface area contributed by atoms with Gasteiger partial charge in [-0.25, -0.2) is 4.79 Å². The molecule has 7 nitrogen and oxygen atoms in total. The molecule has 0 atom stereocenters. The number of hydrogen-bond donors (Lipinski definition) is 2. The molecule has 0 unspecified atom stereocenters. The summed E-state index contributed by atoms with van der Waals surface area (Å²) in [6, 6.07) is 6.47. The zero-order valence-corrected chi connectivity index (χ0v) is 14.1. The molecule has 0 aliphatic heterocycles. The van der Waals surface area contributed by atoms with E-state index < -0.39 is 13.6 Å². The molecule has 1 heterocycles. The number of aromatic nitrogens is 1. The van der Waals surface area contributed by atoms with Gasteiger partial charge >= 0.3 is 13.6 Å². The van der Waals surface area contributed by atoms with Crippen LogP contribution in [0.4, 0.5) is 0 Å². The number of carboxylic acids is 1. The van der Waals surface area contributed by atoms with Crippen LogP contribution in [0, 0.1) is 0 Å². The van der Waals surface area contributed by atoms with E-state index in [0.29, 0.717) is 24.3 Å². The van der Waals surface area contributed by atoms with Gasteiger partial charge in [0.25, 0.3) is 0 Å². The monoisotopic (exact) mass is 341 g/mol. The number of H-pyrrole nitrogens is 1. The molecule has 23 heavy (non-hydrogen) atoms. The van der Waals surface area contributed by atoms with Crippen molar-refractivity contribution in [1.29, 1.82) is 0 Å². The topological polar surface area (TPSA) is 106 Å². The van der Waals surface area contributed by atoms with E-state index in [0.717, 1.165) is 11.7 Å². The Bertz CT molecular complexity index is 714. The SMILES string of the molecule is CCOP(C)(=O)OCC.O=Cc1ccc2[nH]c(C(=O)O)cc2c1. The molecular weight excluding hydrogens is 321 g/mol. The molecule has 2 rings (SSSR count). The lowest BCUT2D eigenvalue weighted by Crippen LogP contribution is -1.94. The van der Waals surface area contributed by atoms with E-state index in [4.69, 9.17) is 14.2 Å². The fourth-order valence-corrected chi connectivity index (χ4v) is 2.86. The van der Waals surface area contributed by atoms with Crippen LogP contribution in [0.25, 0.3) is 10.9 Å². The minimum atomic E-state index is -2.69. The number of fused-ring (bicyclic) bond motifs is 1. The highest BCUT2D eigenvalue weighted by Gasteiger charge is 2.13. The van der Waals surface area contributed by atoms with Crippen molar-refractivity contribution < 1.29 is 28.3 Å². The number of rotatable bonds is 6. The maximum atomic E-state index is 11.0. The van der Waals surface area contributed by atoms with E-state index in [2.05, 4.69) is 4.98 Å². The lowest BCUT2D eigenvalue weighted by atomic mass is 10.2. The fourth-order valence-electron chi connectivity index (χ4n) is 1.85. The molecule has 0 saturated heterocycles. The highest BCUT2D eigenvalue weighted by atomic mass is 31.2. The van der Waals surface area contributed by atoms with E-state index >= 15 is 0 Å². The molecule has 0 fully saturated rings. The first-order chi connectivity index (χ1) is 10.8. The second-order valence-corrected chi connectivity index (χ2v) is 6.62. The zero-order chi connectivity index (χ0) is 17.5. The van der Waals surface area contributed by atoms with E-state index in [9.17, 15) is 14.2 Å². The van der Waals surface area contributed by atoms with Gasteiger partial charge in [0.15, 0.2) is 0 Å². The molecule has 1 aromatic carbocycles. The second-order valence-electron chi connectivity index (χ2n) is 4.56. The summed E-state index contributed by atoms with van der Waals surface area (Å²) in [6.45, 7) is 5.92. The average molecular weight is 341 g/mol. The summed E-state index contributed by atoms with van der Waals surface area (Å²) in [7, 11) is -2.69. The average Bonchev–Trinajstić information content (AvgIpc) is 2.90. The van der Waals surface area contributed by atoms with Gasteiger partial charge in [0.1, 0.15) is 12.0 Å². The minimum absolute atomic E-state index is 0.128. The summed E-state index contributed by atoms with van der Waals surface area (Å²) in [5, 5.41) is 9.44. The third kappa shape index (κ3) is 5.98. The van der Waals surface area contributed by atoms with Gasteiger partial charge in [-0.2, -0.15) is 0 Å². The van der Waals surface area contributed by atoms with Crippen molar-refractivity contribution >= 4 is 30.8 Å². The van der Waals surface area contributed by atoms with Crippen LogP contribution < -0.4 is 0 Å². The Morgan fingerprint density at radius 2 is 1.87 bits per heavy atom. The van der Waals surface area contributed by atoms with Gasteiger partial charge in [-0.15, -0.1) is 0 Å². The molecular formula is C15H20NO6P. The molecule has 0 aliphatic rings. The van der Waals surface area contributed by atoms with E-state index in [1.807, 2.05) is 0 Å². The highest BCUT2D eigenvalue weighted by molar-refractivity contribution is 7.52. The summed E-state index contributed by atoms with van der Waals surface area (Å²) in [5.74, 6) is -1.01. The lowest BCUT2D eigenvalue weighted by molar-refractivity contribution is 0.0691. The van der Waals surface area contributed by atoms with Crippen molar-refractivity contribution in [3.8, 4) is 0 Å². The molecule has 2 aromatic rings. The summed E-state index contributed by atoms with van der Waals surface area (Å²) in [6.07, 6.45) is 0.729. The maximum Gasteiger partial charge on any atom is 0.352 e. The minimum Gasteiger partial charge on any atom is -0.477 e. The number of carboxylic acid groups (broad SMARTS) is 1. The molecule has 0 saturated carbocycles. The molecule has 0 radical (unpaired) electrons. The first-order valence-electron chi connectivity index (χ1n) is 7.00. The van der Waals surface area contributed by atoms with Crippen LogP contribution in [-0.2, 0) is 13.6 Å². The summed E-state index contributed by atoms with van der Waals surface area (Å²) >= 11 is 0. The Morgan fingerprint density at radius 1 is 1.26 bits per heavy atom. The first kappa shape index (κ1) is 19.1. The normalized spacial score (nSPS) is 10.9. The molecule has 1 aromatic heterocycles. The quantitative estimate of drug-likeness (QED) is 0.615. The van der Waals surface area contributed by atoms with Crippen LogP contribution in [0.2, 0.25) is 0 Å². The highest BCUT2D eigenvalue weighted by Crippen LogP contribution is 2.43. The predicted octanol–water partition coefficient (Wildman–Crippen LogP) is 3.56. The number of aldehydes is 1. The number of aromatic carboxylic acids is 1. The van der Waals surface area contributed by atoms with Crippen molar-refractivity contribution in [2.24, 2.45) is 0 Å². The zero-order valence-electron chi connectivity index (χ0n) is 13.2. The molecule has 8 heteroatoms. The Kier molecular flexibility index (Phi) is 7.16. The maximum absolute atomic E-state index is 11.0. The summed E-state index contributed by atoms with van der Waals surface area (Å²) in [4.78, 5) is 23.8. The molecule has 2 N–H and O–H groups in total. The lowest BCUT2D eigenvalue weighted by Gasteiger charge is -2.10. The van der Waals surface area contributed by atoms with Crippen molar-refractivity contribution in [3.05, 3.63) is 35.5 Å². The van der Waals surface area contributed by atoms with Gasteiger partial charge in [-0.05, 0) is 38.1 Å². The Hall–Kier alpha value is -1.95. The van der Waals surface area contributed by atoms with Gasteiger partial charge in [-0.1, -0.05) is 0 Å². The van der Waals surface area contributed by atoms with Crippen molar-refractivity contribution in [3.63, 3.8) is 0 Å². The van der Waals surface area contributed by atoms with Crippen molar-refractivity contribution in [2.45, 2.75) is 13.8 Å². The Balaban J connectivity index is 0.000000257. The third-order valence-corrected chi connectivity index (χ3v) is 4.19. The van der Waals surface area contributed by atoms with Crippen LogP contribution in [-0.4, -0.2) is 42.2 Å². The number of aromatic amines is 1. The second kappa shape index (κ2) is 8.62.